The van der Waals surface area contributed by atoms with Crippen LogP contribution in [0.5, 0.6) is 0 Å². The van der Waals surface area contributed by atoms with E-state index in [-0.39, 0.29) is 28.6 Å². The number of carbonyl (C=O) groups is 1. The number of hydrogen-bond acceptors (Lipinski definition) is 3. The van der Waals surface area contributed by atoms with Gasteiger partial charge in [0.2, 0.25) is 0 Å². The van der Waals surface area contributed by atoms with E-state index in [1.807, 2.05) is 18.2 Å². The number of para-hydroxylation sites is 1. The lowest BCUT2D eigenvalue weighted by atomic mass is 10.1. The van der Waals surface area contributed by atoms with Crippen molar-refractivity contribution in [3.05, 3.63) is 94.5 Å². The van der Waals surface area contributed by atoms with Crippen molar-refractivity contribution in [2.24, 2.45) is 0 Å². The van der Waals surface area contributed by atoms with E-state index in [4.69, 9.17) is 11.6 Å². The average Bonchev–Trinajstić information content (AvgIpc) is 2.73. The SMILES string of the molecule is CCCc1ccc(S(=O)(=O)Nc2ccccc2C(=O)NCc2cccc(Cl)c2)cc1. The summed E-state index contributed by atoms with van der Waals surface area (Å²) in [5, 5.41) is 3.38. The number of halogens is 1. The molecule has 0 bridgehead atoms. The number of amides is 1. The molecule has 7 heteroatoms. The maximum atomic E-state index is 12.8. The zero-order chi connectivity index (χ0) is 21.6. The lowest BCUT2D eigenvalue weighted by Crippen LogP contribution is -2.25. The van der Waals surface area contributed by atoms with Crippen LogP contribution in [0, 0.1) is 0 Å². The Kier molecular flexibility index (Phi) is 7.13. The van der Waals surface area contributed by atoms with Crippen LogP contribution in [0.4, 0.5) is 5.69 Å². The van der Waals surface area contributed by atoms with Crippen LogP contribution >= 0.6 is 11.6 Å². The highest BCUT2D eigenvalue weighted by molar-refractivity contribution is 7.92. The highest BCUT2D eigenvalue weighted by Crippen LogP contribution is 2.21. The fourth-order valence-electron chi connectivity index (χ4n) is 3.02. The molecule has 0 saturated heterocycles. The quantitative estimate of drug-likeness (QED) is 0.514. The molecule has 0 aliphatic heterocycles. The molecule has 156 valence electrons. The standard InChI is InChI=1S/C23H23ClN2O3S/c1-2-6-17-11-13-20(14-12-17)30(28,29)26-22-10-4-3-9-21(22)23(27)25-16-18-7-5-8-19(24)15-18/h3-5,7-15,26H,2,6,16H2,1H3,(H,25,27). The van der Waals surface area contributed by atoms with Crippen molar-refractivity contribution >= 4 is 33.2 Å². The molecule has 3 aromatic carbocycles. The molecule has 2 N–H and O–H groups in total. The van der Waals surface area contributed by atoms with Gasteiger partial charge >= 0.3 is 0 Å². The van der Waals surface area contributed by atoms with Crippen LogP contribution in [0.2, 0.25) is 5.02 Å². The third-order valence-electron chi connectivity index (χ3n) is 4.53. The first-order chi connectivity index (χ1) is 14.4. The molecular weight excluding hydrogens is 420 g/mol. The Morgan fingerprint density at radius 1 is 0.933 bits per heavy atom. The van der Waals surface area contributed by atoms with Crippen LogP contribution in [-0.2, 0) is 23.0 Å². The van der Waals surface area contributed by atoms with E-state index in [0.717, 1.165) is 24.0 Å². The normalized spacial score (nSPS) is 11.1. The number of carbonyl (C=O) groups excluding carboxylic acids is 1. The Labute approximate surface area is 182 Å². The third-order valence-corrected chi connectivity index (χ3v) is 6.15. The lowest BCUT2D eigenvalue weighted by molar-refractivity contribution is 0.0952. The van der Waals surface area contributed by atoms with E-state index < -0.39 is 10.0 Å². The molecule has 3 aromatic rings. The molecular formula is C23H23ClN2O3S. The second kappa shape index (κ2) is 9.78. The summed E-state index contributed by atoms with van der Waals surface area (Å²) in [5.41, 5.74) is 2.39. The van der Waals surface area contributed by atoms with Crippen molar-refractivity contribution in [3.63, 3.8) is 0 Å². The minimum atomic E-state index is -3.82. The zero-order valence-corrected chi connectivity index (χ0v) is 18.1. The van der Waals surface area contributed by atoms with Gasteiger partial charge in [-0.05, 0) is 53.9 Å². The molecule has 0 radical (unpaired) electrons. The summed E-state index contributed by atoms with van der Waals surface area (Å²) in [4.78, 5) is 12.8. The van der Waals surface area contributed by atoms with Gasteiger partial charge < -0.3 is 5.32 Å². The van der Waals surface area contributed by atoms with Crippen molar-refractivity contribution in [2.75, 3.05) is 4.72 Å². The third kappa shape index (κ3) is 5.62. The highest BCUT2D eigenvalue weighted by Gasteiger charge is 2.18. The number of nitrogens with one attached hydrogen (secondary N) is 2. The first-order valence-electron chi connectivity index (χ1n) is 9.62. The number of anilines is 1. The van der Waals surface area contributed by atoms with E-state index in [1.54, 1.807) is 54.6 Å². The van der Waals surface area contributed by atoms with Crippen LogP contribution in [0.3, 0.4) is 0 Å². The molecule has 0 spiro atoms. The average molecular weight is 443 g/mol. The smallest absolute Gasteiger partial charge is 0.261 e. The summed E-state index contributed by atoms with van der Waals surface area (Å²) in [7, 11) is -3.82. The number of aryl methyl sites for hydroxylation is 1. The summed E-state index contributed by atoms with van der Waals surface area (Å²) in [6.07, 6.45) is 1.88. The molecule has 0 saturated carbocycles. The van der Waals surface area contributed by atoms with Gasteiger partial charge in [0.25, 0.3) is 15.9 Å². The van der Waals surface area contributed by atoms with Gasteiger partial charge in [0.15, 0.2) is 0 Å². The molecule has 0 aliphatic rings. The van der Waals surface area contributed by atoms with Gasteiger partial charge in [-0.2, -0.15) is 0 Å². The minimum absolute atomic E-state index is 0.150. The Balaban J connectivity index is 1.76. The van der Waals surface area contributed by atoms with Crippen molar-refractivity contribution in [1.82, 2.24) is 5.32 Å². The van der Waals surface area contributed by atoms with Crippen molar-refractivity contribution in [2.45, 2.75) is 31.2 Å². The van der Waals surface area contributed by atoms with E-state index in [9.17, 15) is 13.2 Å². The molecule has 0 fully saturated rings. The molecule has 0 aromatic heterocycles. The van der Waals surface area contributed by atoms with Gasteiger partial charge in [0, 0.05) is 11.6 Å². The first-order valence-corrected chi connectivity index (χ1v) is 11.5. The summed E-state index contributed by atoms with van der Waals surface area (Å²) in [6.45, 7) is 2.35. The summed E-state index contributed by atoms with van der Waals surface area (Å²) < 4.78 is 28.1. The van der Waals surface area contributed by atoms with Gasteiger partial charge in [-0.1, -0.05) is 61.3 Å². The van der Waals surface area contributed by atoms with Crippen molar-refractivity contribution < 1.29 is 13.2 Å². The van der Waals surface area contributed by atoms with E-state index in [0.29, 0.717) is 5.02 Å². The van der Waals surface area contributed by atoms with Crippen molar-refractivity contribution in [3.8, 4) is 0 Å². The van der Waals surface area contributed by atoms with E-state index >= 15 is 0 Å². The predicted molar refractivity (Wildman–Crippen MR) is 120 cm³/mol. The highest BCUT2D eigenvalue weighted by atomic mass is 35.5. The van der Waals surface area contributed by atoms with Crippen molar-refractivity contribution in [1.29, 1.82) is 0 Å². The van der Waals surface area contributed by atoms with Crippen LogP contribution in [0.15, 0.2) is 77.7 Å². The van der Waals surface area contributed by atoms with Gasteiger partial charge in [-0.25, -0.2) is 8.42 Å². The molecule has 0 atom stereocenters. The minimum Gasteiger partial charge on any atom is -0.348 e. The fourth-order valence-corrected chi connectivity index (χ4v) is 4.31. The van der Waals surface area contributed by atoms with Gasteiger partial charge in [-0.3, -0.25) is 9.52 Å². The van der Waals surface area contributed by atoms with Gasteiger partial charge in [-0.15, -0.1) is 0 Å². The Bertz CT molecular complexity index is 1130. The van der Waals surface area contributed by atoms with Crippen LogP contribution in [0.1, 0.15) is 34.8 Å². The Hall–Kier alpha value is -2.83. The maximum Gasteiger partial charge on any atom is 0.261 e. The topological polar surface area (TPSA) is 75.3 Å². The summed E-state index contributed by atoms with van der Waals surface area (Å²) >= 11 is 5.97. The molecule has 3 rings (SSSR count). The first kappa shape index (κ1) is 21.9. The predicted octanol–water partition coefficient (Wildman–Crippen LogP) is 5.02. The van der Waals surface area contributed by atoms with Gasteiger partial charge in [0.1, 0.15) is 0 Å². The number of benzene rings is 3. The van der Waals surface area contributed by atoms with E-state index in [1.165, 1.54) is 0 Å². The molecule has 0 aliphatic carbocycles. The van der Waals surface area contributed by atoms with Crippen LogP contribution in [-0.4, -0.2) is 14.3 Å². The number of sulfonamides is 1. The molecule has 0 unspecified atom stereocenters. The van der Waals surface area contributed by atoms with E-state index in [2.05, 4.69) is 17.0 Å². The lowest BCUT2D eigenvalue weighted by Gasteiger charge is -2.13. The molecule has 30 heavy (non-hydrogen) atoms. The largest absolute Gasteiger partial charge is 0.348 e. The molecule has 5 nitrogen and oxygen atoms in total. The molecule has 1 amide bonds. The zero-order valence-electron chi connectivity index (χ0n) is 16.6. The summed E-state index contributed by atoms with van der Waals surface area (Å²) in [6, 6.07) is 20.5. The second-order valence-electron chi connectivity index (χ2n) is 6.86. The summed E-state index contributed by atoms with van der Waals surface area (Å²) in [5.74, 6) is -0.383. The monoisotopic (exact) mass is 442 g/mol. The maximum absolute atomic E-state index is 12.8. The Morgan fingerprint density at radius 2 is 1.67 bits per heavy atom. The fraction of sp³-hybridized carbons (Fsp3) is 0.174. The number of hydrogen-bond donors (Lipinski definition) is 2. The second-order valence-corrected chi connectivity index (χ2v) is 8.98. The van der Waals surface area contributed by atoms with Crippen LogP contribution in [0.25, 0.3) is 0 Å². The molecule has 0 heterocycles. The van der Waals surface area contributed by atoms with Crippen LogP contribution < -0.4 is 10.0 Å². The Morgan fingerprint density at radius 3 is 2.37 bits per heavy atom. The number of rotatable bonds is 8. The van der Waals surface area contributed by atoms with Gasteiger partial charge in [0.05, 0.1) is 16.1 Å².